The minimum absolute atomic E-state index is 0.0674. The molecule has 0 heterocycles. The molecule has 2 aromatic carbocycles. The molecule has 0 atom stereocenters. The zero-order valence-corrected chi connectivity index (χ0v) is 13.1. The first-order chi connectivity index (χ1) is 11.1. The largest absolute Gasteiger partial charge is 0.497 e. The second-order valence-corrected chi connectivity index (χ2v) is 5.44. The summed E-state index contributed by atoms with van der Waals surface area (Å²) >= 11 is 1.32. The van der Waals surface area contributed by atoms with Crippen molar-refractivity contribution in [3.05, 3.63) is 48.5 Å². The fraction of sp³-hybridized carbons (Fsp3) is 0.188. The van der Waals surface area contributed by atoms with Crippen LogP contribution >= 0.6 is 11.8 Å². The monoisotopic (exact) mass is 339 g/mol. The van der Waals surface area contributed by atoms with Crippen molar-refractivity contribution in [1.29, 1.82) is 0 Å². The molecule has 23 heavy (non-hydrogen) atoms. The van der Waals surface area contributed by atoms with Gasteiger partial charge >= 0.3 is 6.61 Å². The molecular formula is C16H15F2NO3S. The van der Waals surface area contributed by atoms with Crippen molar-refractivity contribution in [3.63, 3.8) is 0 Å². The number of carbonyl (C=O) groups is 1. The topological polar surface area (TPSA) is 47.6 Å². The number of methoxy groups -OCH3 is 1. The quantitative estimate of drug-likeness (QED) is 0.774. The van der Waals surface area contributed by atoms with Crippen molar-refractivity contribution in [3.8, 4) is 11.5 Å². The highest BCUT2D eigenvalue weighted by atomic mass is 32.2. The Morgan fingerprint density at radius 2 is 2.00 bits per heavy atom. The van der Waals surface area contributed by atoms with Gasteiger partial charge in [0.25, 0.3) is 0 Å². The van der Waals surface area contributed by atoms with Crippen LogP contribution in [0.5, 0.6) is 11.5 Å². The summed E-state index contributed by atoms with van der Waals surface area (Å²) in [5.41, 5.74) is 0.212. The maximum absolute atomic E-state index is 12.3. The third-order valence-electron chi connectivity index (χ3n) is 2.79. The van der Waals surface area contributed by atoms with Gasteiger partial charge in [-0.05, 0) is 30.3 Å². The number of thioether (sulfide) groups is 1. The van der Waals surface area contributed by atoms with Gasteiger partial charge in [-0.15, -0.1) is 11.8 Å². The normalized spacial score (nSPS) is 10.4. The van der Waals surface area contributed by atoms with E-state index in [1.54, 1.807) is 19.2 Å². The molecule has 0 saturated carbocycles. The van der Waals surface area contributed by atoms with Gasteiger partial charge in [-0.25, -0.2) is 0 Å². The molecule has 2 rings (SSSR count). The number of hydrogen-bond acceptors (Lipinski definition) is 4. The number of anilines is 1. The predicted octanol–water partition coefficient (Wildman–Crippen LogP) is 4.03. The lowest BCUT2D eigenvalue weighted by Gasteiger charge is -2.11. The third kappa shape index (κ3) is 5.45. The molecule has 0 radical (unpaired) electrons. The zero-order chi connectivity index (χ0) is 16.7. The molecule has 0 spiro atoms. The first kappa shape index (κ1) is 17.1. The SMILES string of the molecule is COc1cccc(SCC(=O)Nc2ccccc2OC(F)F)c1. The van der Waals surface area contributed by atoms with Crippen molar-refractivity contribution in [2.24, 2.45) is 0 Å². The van der Waals surface area contributed by atoms with Crippen LogP contribution in [-0.4, -0.2) is 25.4 Å². The number of nitrogens with one attached hydrogen (secondary N) is 1. The summed E-state index contributed by atoms with van der Waals surface area (Å²) in [6, 6.07) is 13.4. The summed E-state index contributed by atoms with van der Waals surface area (Å²) in [4.78, 5) is 12.8. The Morgan fingerprint density at radius 3 is 2.74 bits per heavy atom. The third-order valence-corrected chi connectivity index (χ3v) is 3.78. The van der Waals surface area contributed by atoms with Gasteiger partial charge in [0.15, 0.2) is 0 Å². The number of amides is 1. The maximum Gasteiger partial charge on any atom is 0.387 e. The molecule has 0 aliphatic heterocycles. The van der Waals surface area contributed by atoms with E-state index < -0.39 is 6.61 Å². The van der Waals surface area contributed by atoms with Crippen molar-refractivity contribution in [2.45, 2.75) is 11.5 Å². The van der Waals surface area contributed by atoms with Crippen molar-refractivity contribution in [1.82, 2.24) is 0 Å². The smallest absolute Gasteiger partial charge is 0.387 e. The van der Waals surface area contributed by atoms with E-state index in [0.717, 1.165) is 4.90 Å². The lowest BCUT2D eigenvalue weighted by atomic mass is 10.3. The molecule has 0 bridgehead atoms. The number of halogens is 2. The van der Waals surface area contributed by atoms with E-state index in [-0.39, 0.29) is 23.1 Å². The number of rotatable bonds is 7. The number of hydrogen-bond donors (Lipinski definition) is 1. The summed E-state index contributed by atoms with van der Waals surface area (Å²) in [5, 5.41) is 2.57. The Morgan fingerprint density at radius 1 is 1.22 bits per heavy atom. The van der Waals surface area contributed by atoms with Gasteiger partial charge in [-0.3, -0.25) is 4.79 Å². The molecule has 0 aliphatic carbocycles. The minimum atomic E-state index is -2.95. The summed E-state index contributed by atoms with van der Waals surface area (Å²) in [6.07, 6.45) is 0. The number of para-hydroxylation sites is 2. The first-order valence-corrected chi connectivity index (χ1v) is 7.67. The highest BCUT2D eigenvalue weighted by Gasteiger charge is 2.11. The summed E-state index contributed by atoms with van der Waals surface area (Å²) in [7, 11) is 1.57. The van der Waals surface area contributed by atoms with Crippen LogP contribution in [0.3, 0.4) is 0 Å². The molecule has 0 fully saturated rings. The van der Waals surface area contributed by atoms with Crippen LogP contribution in [0.2, 0.25) is 0 Å². The van der Waals surface area contributed by atoms with Crippen LogP contribution in [0.4, 0.5) is 14.5 Å². The Kier molecular flexibility index (Phi) is 6.22. The van der Waals surface area contributed by atoms with Crippen LogP contribution < -0.4 is 14.8 Å². The van der Waals surface area contributed by atoms with Gasteiger partial charge < -0.3 is 14.8 Å². The average molecular weight is 339 g/mol. The van der Waals surface area contributed by atoms with Gasteiger partial charge in [0.05, 0.1) is 18.6 Å². The number of alkyl halides is 2. The zero-order valence-electron chi connectivity index (χ0n) is 12.3. The Balaban J connectivity index is 1.94. The number of ether oxygens (including phenoxy) is 2. The van der Waals surface area contributed by atoms with Crippen LogP contribution in [0.25, 0.3) is 0 Å². The molecule has 0 aliphatic rings. The highest BCUT2D eigenvalue weighted by molar-refractivity contribution is 8.00. The lowest BCUT2D eigenvalue weighted by Crippen LogP contribution is -2.15. The fourth-order valence-corrected chi connectivity index (χ4v) is 2.54. The Labute approximate surface area is 136 Å². The van der Waals surface area contributed by atoms with Crippen molar-refractivity contribution < 1.29 is 23.0 Å². The predicted molar refractivity (Wildman–Crippen MR) is 85.4 cm³/mol. The number of benzene rings is 2. The van der Waals surface area contributed by atoms with Gasteiger partial charge in [0, 0.05) is 4.90 Å². The van der Waals surface area contributed by atoms with Gasteiger partial charge in [0.1, 0.15) is 11.5 Å². The molecular weight excluding hydrogens is 324 g/mol. The lowest BCUT2D eigenvalue weighted by molar-refractivity contribution is -0.113. The molecule has 0 aromatic heterocycles. The van der Waals surface area contributed by atoms with E-state index in [2.05, 4.69) is 10.1 Å². The maximum atomic E-state index is 12.3. The van der Waals surface area contributed by atoms with E-state index in [0.29, 0.717) is 5.75 Å². The Hall–Kier alpha value is -2.28. The minimum Gasteiger partial charge on any atom is -0.497 e. The number of carbonyl (C=O) groups excluding carboxylic acids is 1. The highest BCUT2D eigenvalue weighted by Crippen LogP contribution is 2.27. The second-order valence-electron chi connectivity index (χ2n) is 4.39. The molecule has 0 saturated heterocycles. The van der Waals surface area contributed by atoms with E-state index >= 15 is 0 Å². The molecule has 1 amide bonds. The van der Waals surface area contributed by atoms with E-state index in [4.69, 9.17) is 4.74 Å². The summed E-state index contributed by atoms with van der Waals surface area (Å²) in [5.74, 6) is 0.451. The molecule has 1 N–H and O–H groups in total. The van der Waals surface area contributed by atoms with Crippen LogP contribution in [0.1, 0.15) is 0 Å². The molecule has 0 unspecified atom stereocenters. The van der Waals surface area contributed by atoms with Crippen molar-refractivity contribution in [2.75, 3.05) is 18.2 Å². The second kappa shape index (κ2) is 8.38. The Bertz CT molecular complexity index is 667. The summed E-state index contributed by atoms with van der Waals surface area (Å²) in [6.45, 7) is -2.95. The van der Waals surface area contributed by atoms with Crippen molar-refractivity contribution >= 4 is 23.4 Å². The fourth-order valence-electron chi connectivity index (χ4n) is 1.79. The molecule has 2 aromatic rings. The molecule has 4 nitrogen and oxygen atoms in total. The van der Waals surface area contributed by atoms with E-state index in [1.807, 2.05) is 24.3 Å². The van der Waals surface area contributed by atoms with Crippen LogP contribution in [0.15, 0.2) is 53.4 Å². The molecule has 7 heteroatoms. The van der Waals surface area contributed by atoms with Crippen LogP contribution in [-0.2, 0) is 4.79 Å². The standard InChI is InChI=1S/C16H15F2NO3S/c1-21-11-5-4-6-12(9-11)23-10-15(20)19-13-7-2-3-8-14(13)22-16(17)18/h2-9,16H,10H2,1H3,(H,19,20). The summed E-state index contributed by atoms with van der Waals surface area (Å²) < 4.78 is 34.1. The van der Waals surface area contributed by atoms with Crippen LogP contribution in [0, 0.1) is 0 Å². The average Bonchev–Trinajstić information content (AvgIpc) is 2.54. The van der Waals surface area contributed by atoms with Gasteiger partial charge in [0.2, 0.25) is 5.91 Å². The first-order valence-electron chi connectivity index (χ1n) is 6.69. The van der Waals surface area contributed by atoms with Gasteiger partial charge in [-0.2, -0.15) is 8.78 Å². The molecule has 122 valence electrons. The van der Waals surface area contributed by atoms with E-state index in [9.17, 15) is 13.6 Å². The van der Waals surface area contributed by atoms with E-state index in [1.165, 1.54) is 23.9 Å². The van der Waals surface area contributed by atoms with Gasteiger partial charge in [-0.1, -0.05) is 18.2 Å².